The van der Waals surface area contributed by atoms with Gasteiger partial charge < -0.3 is 15.0 Å². The Balaban J connectivity index is 1.47. The molecule has 2 aromatic carbocycles. The lowest BCUT2D eigenvalue weighted by atomic mass is 10.0. The summed E-state index contributed by atoms with van der Waals surface area (Å²) < 4.78 is 5.67. The smallest absolute Gasteiger partial charge is 0.240 e. The highest BCUT2D eigenvalue weighted by Crippen LogP contribution is 2.33. The van der Waals surface area contributed by atoms with Gasteiger partial charge in [-0.1, -0.05) is 36.4 Å². The van der Waals surface area contributed by atoms with Crippen LogP contribution in [0.15, 0.2) is 48.5 Å². The third-order valence-electron chi connectivity index (χ3n) is 4.96. The number of benzene rings is 2. The maximum Gasteiger partial charge on any atom is 0.240 e. The van der Waals surface area contributed by atoms with Crippen molar-refractivity contribution < 1.29 is 9.53 Å². The van der Waals surface area contributed by atoms with Gasteiger partial charge in [0.2, 0.25) is 5.91 Å². The van der Waals surface area contributed by atoms with E-state index < -0.39 is 0 Å². The third-order valence-corrected chi connectivity index (χ3v) is 4.96. The Morgan fingerprint density at radius 3 is 2.92 bits per heavy atom. The summed E-state index contributed by atoms with van der Waals surface area (Å²) in [5, 5.41) is 3.19. The second kappa shape index (κ2) is 6.19. The molecular weight excluding hydrogens is 300 g/mol. The fraction of sp³-hybridized carbons (Fsp3) is 0.350. The molecule has 0 saturated heterocycles. The van der Waals surface area contributed by atoms with Crippen LogP contribution in [0.5, 0.6) is 5.75 Å². The Bertz CT molecular complexity index is 759. The molecule has 0 spiro atoms. The van der Waals surface area contributed by atoms with Crippen molar-refractivity contribution in [2.45, 2.75) is 31.8 Å². The molecule has 24 heavy (non-hydrogen) atoms. The fourth-order valence-electron chi connectivity index (χ4n) is 3.76. The number of carbonyl (C=O) groups is 1. The number of ether oxygens (including phenoxy) is 1. The number of carbonyl (C=O) groups excluding carboxylic acids is 1. The number of nitrogens with zero attached hydrogens (tertiary/aromatic N) is 1. The number of hydrogen-bond acceptors (Lipinski definition) is 3. The lowest BCUT2D eigenvalue weighted by molar-refractivity contribution is -0.120. The van der Waals surface area contributed by atoms with Crippen LogP contribution in [0.25, 0.3) is 0 Å². The molecule has 2 heterocycles. The molecule has 4 nitrogen and oxygen atoms in total. The first-order chi connectivity index (χ1) is 11.7. The fourth-order valence-corrected chi connectivity index (χ4v) is 3.76. The Kier molecular flexibility index (Phi) is 3.89. The van der Waals surface area contributed by atoms with Gasteiger partial charge in [-0.25, -0.2) is 0 Å². The summed E-state index contributed by atoms with van der Waals surface area (Å²) in [5.74, 6) is 0.953. The summed E-state index contributed by atoms with van der Waals surface area (Å²) in [6.07, 6.45) is 1.82. The number of rotatable bonds is 3. The molecule has 2 aliphatic rings. The lowest BCUT2D eigenvalue weighted by Gasteiger charge is -2.29. The Labute approximate surface area is 142 Å². The van der Waals surface area contributed by atoms with Crippen LogP contribution in [0.4, 0.5) is 5.69 Å². The largest absolute Gasteiger partial charge is 0.493 e. The topological polar surface area (TPSA) is 41.6 Å². The van der Waals surface area contributed by atoms with Gasteiger partial charge in [-0.3, -0.25) is 4.79 Å². The minimum atomic E-state index is 0.0376. The van der Waals surface area contributed by atoms with E-state index in [1.807, 2.05) is 30.3 Å². The van der Waals surface area contributed by atoms with E-state index in [2.05, 4.69) is 35.3 Å². The molecule has 2 atom stereocenters. The minimum Gasteiger partial charge on any atom is -0.493 e. The number of nitrogens with one attached hydrogen (secondary N) is 1. The number of para-hydroxylation sites is 2. The van der Waals surface area contributed by atoms with Gasteiger partial charge in [-0.15, -0.1) is 0 Å². The second-order valence-corrected chi connectivity index (χ2v) is 6.60. The van der Waals surface area contributed by atoms with Crippen molar-refractivity contribution in [3.63, 3.8) is 0 Å². The predicted octanol–water partition coefficient (Wildman–Crippen LogP) is 3.08. The van der Waals surface area contributed by atoms with E-state index in [0.717, 1.165) is 24.2 Å². The molecule has 1 N–H and O–H groups in total. The number of fused-ring (bicyclic) bond motifs is 2. The molecule has 0 bridgehead atoms. The molecule has 0 fully saturated rings. The normalized spacial score (nSPS) is 21.6. The van der Waals surface area contributed by atoms with Crippen molar-refractivity contribution in [1.82, 2.24) is 5.32 Å². The maximum absolute atomic E-state index is 12.6. The van der Waals surface area contributed by atoms with E-state index in [0.29, 0.717) is 19.2 Å². The van der Waals surface area contributed by atoms with Gasteiger partial charge in [0.05, 0.1) is 19.2 Å². The second-order valence-electron chi connectivity index (χ2n) is 6.60. The van der Waals surface area contributed by atoms with Crippen molar-refractivity contribution in [2.24, 2.45) is 0 Å². The van der Waals surface area contributed by atoms with Gasteiger partial charge in [-0.05, 0) is 31.0 Å². The number of anilines is 1. The quantitative estimate of drug-likeness (QED) is 0.944. The molecule has 4 rings (SSSR count). The zero-order chi connectivity index (χ0) is 16.5. The Hall–Kier alpha value is -2.49. The van der Waals surface area contributed by atoms with Gasteiger partial charge in [-0.2, -0.15) is 0 Å². The van der Waals surface area contributed by atoms with E-state index in [1.165, 1.54) is 11.3 Å². The van der Waals surface area contributed by atoms with Crippen LogP contribution in [-0.4, -0.2) is 25.1 Å². The Morgan fingerprint density at radius 1 is 1.21 bits per heavy atom. The van der Waals surface area contributed by atoms with Crippen molar-refractivity contribution >= 4 is 11.6 Å². The monoisotopic (exact) mass is 322 g/mol. The van der Waals surface area contributed by atoms with Crippen LogP contribution in [-0.2, 0) is 11.2 Å². The van der Waals surface area contributed by atoms with Crippen molar-refractivity contribution in [3.05, 3.63) is 59.7 Å². The van der Waals surface area contributed by atoms with Gasteiger partial charge in [0.25, 0.3) is 0 Å². The van der Waals surface area contributed by atoms with Crippen molar-refractivity contribution in [2.75, 3.05) is 18.1 Å². The first-order valence-electron chi connectivity index (χ1n) is 8.58. The molecule has 4 heteroatoms. The first kappa shape index (κ1) is 15.1. The van der Waals surface area contributed by atoms with Gasteiger partial charge >= 0.3 is 0 Å². The van der Waals surface area contributed by atoms with Crippen LogP contribution >= 0.6 is 0 Å². The van der Waals surface area contributed by atoms with E-state index in [9.17, 15) is 4.79 Å². The van der Waals surface area contributed by atoms with Crippen LogP contribution < -0.4 is 15.0 Å². The molecule has 0 radical (unpaired) electrons. The first-order valence-corrected chi connectivity index (χ1v) is 8.58. The van der Waals surface area contributed by atoms with Crippen molar-refractivity contribution in [3.8, 4) is 5.75 Å². The number of hydrogen-bond donors (Lipinski definition) is 1. The highest BCUT2D eigenvalue weighted by Gasteiger charge is 2.28. The average Bonchev–Trinajstić information content (AvgIpc) is 2.91. The summed E-state index contributed by atoms with van der Waals surface area (Å²) in [7, 11) is 0. The molecule has 0 saturated carbocycles. The molecule has 0 unspecified atom stereocenters. The summed E-state index contributed by atoms with van der Waals surface area (Å²) in [6, 6.07) is 16.7. The summed E-state index contributed by atoms with van der Waals surface area (Å²) >= 11 is 0. The zero-order valence-electron chi connectivity index (χ0n) is 13.9. The summed E-state index contributed by atoms with van der Waals surface area (Å²) in [5.41, 5.74) is 3.59. The van der Waals surface area contributed by atoms with Crippen LogP contribution in [0.1, 0.15) is 30.5 Å². The minimum absolute atomic E-state index is 0.0376. The summed E-state index contributed by atoms with van der Waals surface area (Å²) in [6.45, 7) is 3.22. The standard InChI is InChI=1S/C20H22N2O2/c1-14-12-15-6-2-4-8-18(15)22(14)13-20(23)21-17-10-11-24-19-9-5-3-7-16(17)19/h2-9,14,17H,10-13H2,1H3,(H,21,23)/t14-,17+/m1/s1. The highest BCUT2D eigenvalue weighted by molar-refractivity contribution is 5.83. The van der Waals surface area contributed by atoms with Gasteiger partial charge in [0, 0.05) is 23.7 Å². The predicted molar refractivity (Wildman–Crippen MR) is 94.4 cm³/mol. The molecular formula is C20H22N2O2. The van der Waals surface area contributed by atoms with Gasteiger partial charge in [0.15, 0.2) is 0 Å². The zero-order valence-corrected chi connectivity index (χ0v) is 13.9. The van der Waals surface area contributed by atoms with E-state index in [1.54, 1.807) is 0 Å². The number of amides is 1. The van der Waals surface area contributed by atoms with E-state index in [4.69, 9.17) is 4.74 Å². The molecule has 0 aliphatic carbocycles. The molecule has 2 aliphatic heterocycles. The molecule has 0 aromatic heterocycles. The van der Waals surface area contributed by atoms with Crippen LogP contribution in [0.3, 0.4) is 0 Å². The maximum atomic E-state index is 12.6. The van der Waals surface area contributed by atoms with E-state index >= 15 is 0 Å². The highest BCUT2D eigenvalue weighted by atomic mass is 16.5. The van der Waals surface area contributed by atoms with Gasteiger partial charge in [0.1, 0.15) is 5.75 Å². The van der Waals surface area contributed by atoms with Crippen LogP contribution in [0, 0.1) is 0 Å². The van der Waals surface area contributed by atoms with Crippen molar-refractivity contribution in [1.29, 1.82) is 0 Å². The SMILES string of the molecule is C[C@@H]1Cc2ccccc2N1CC(=O)N[C@H]1CCOc2ccccc21. The molecule has 124 valence electrons. The van der Waals surface area contributed by atoms with Crippen LogP contribution in [0.2, 0.25) is 0 Å². The van der Waals surface area contributed by atoms with E-state index in [-0.39, 0.29) is 11.9 Å². The molecule has 1 amide bonds. The average molecular weight is 322 g/mol. The lowest BCUT2D eigenvalue weighted by Crippen LogP contribution is -2.42. The Morgan fingerprint density at radius 2 is 2.00 bits per heavy atom. The molecule has 2 aromatic rings. The summed E-state index contributed by atoms with van der Waals surface area (Å²) in [4.78, 5) is 14.8. The third kappa shape index (κ3) is 2.73.